The lowest BCUT2D eigenvalue weighted by molar-refractivity contribution is -0.137. The van der Waals surface area contributed by atoms with Gasteiger partial charge in [-0.15, -0.1) is 0 Å². The van der Waals surface area contributed by atoms with E-state index in [1.165, 1.54) is 6.07 Å². The lowest BCUT2D eigenvalue weighted by Crippen LogP contribution is -2.04. The third-order valence-corrected chi connectivity index (χ3v) is 2.52. The highest BCUT2D eigenvalue weighted by Gasteiger charge is 2.30. The highest BCUT2D eigenvalue weighted by atomic mass is 19.4. The number of hydrogen-bond acceptors (Lipinski definition) is 1. The van der Waals surface area contributed by atoms with Crippen molar-refractivity contribution in [2.24, 2.45) is 5.73 Å². The molecule has 2 aromatic carbocycles. The molecule has 0 aliphatic heterocycles. The zero-order chi connectivity index (χ0) is 11.8. The molecule has 4 heteroatoms. The van der Waals surface area contributed by atoms with Crippen molar-refractivity contribution in [3.8, 4) is 0 Å². The van der Waals surface area contributed by atoms with Crippen molar-refractivity contribution >= 4 is 10.8 Å². The van der Waals surface area contributed by atoms with Gasteiger partial charge in [0.1, 0.15) is 0 Å². The van der Waals surface area contributed by atoms with Gasteiger partial charge in [-0.05, 0) is 28.5 Å². The van der Waals surface area contributed by atoms with E-state index in [0.717, 1.165) is 23.1 Å². The van der Waals surface area contributed by atoms with Gasteiger partial charge in [0.15, 0.2) is 0 Å². The molecule has 0 unspecified atom stereocenters. The Morgan fingerprint density at radius 2 is 1.81 bits per heavy atom. The molecule has 0 aromatic heterocycles. The van der Waals surface area contributed by atoms with E-state index < -0.39 is 11.7 Å². The molecule has 0 fully saturated rings. The first kappa shape index (κ1) is 11.0. The van der Waals surface area contributed by atoms with Crippen molar-refractivity contribution in [2.75, 3.05) is 0 Å². The lowest BCUT2D eigenvalue weighted by Gasteiger charge is -2.09. The van der Waals surface area contributed by atoms with Gasteiger partial charge >= 0.3 is 6.18 Å². The fourth-order valence-corrected chi connectivity index (χ4v) is 1.71. The molecule has 84 valence electrons. The van der Waals surface area contributed by atoms with E-state index in [9.17, 15) is 13.2 Å². The second-order valence-corrected chi connectivity index (χ2v) is 3.55. The largest absolute Gasteiger partial charge is 0.416 e. The van der Waals surface area contributed by atoms with Gasteiger partial charge in [-0.3, -0.25) is 0 Å². The van der Waals surface area contributed by atoms with Gasteiger partial charge < -0.3 is 5.73 Å². The Hall–Kier alpha value is -1.55. The summed E-state index contributed by atoms with van der Waals surface area (Å²) in [6.45, 7) is 0.322. The molecular formula is C12H10F3N. The maximum Gasteiger partial charge on any atom is 0.416 e. The SMILES string of the molecule is NCc1cccc2cc(C(F)(F)F)ccc12. The monoisotopic (exact) mass is 225 g/mol. The molecular weight excluding hydrogens is 215 g/mol. The summed E-state index contributed by atoms with van der Waals surface area (Å²) in [5, 5.41) is 1.34. The summed E-state index contributed by atoms with van der Waals surface area (Å²) in [4.78, 5) is 0. The number of nitrogens with two attached hydrogens (primary N) is 1. The van der Waals surface area contributed by atoms with Crippen LogP contribution in [-0.4, -0.2) is 0 Å². The second kappa shape index (κ2) is 3.79. The zero-order valence-corrected chi connectivity index (χ0v) is 8.38. The first-order valence-electron chi connectivity index (χ1n) is 4.81. The summed E-state index contributed by atoms with van der Waals surface area (Å²) in [6.07, 6.45) is -4.30. The van der Waals surface area contributed by atoms with Gasteiger partial charge in [0.05, 0.1) is 5.56 Å². The molecule has 0 spiro atoms. The minimum Gasteiger partial charge on any atom is -0.326 e. The summed E-state index contributed by atoms with van der Waals surface area (Å²) >= 11 is 0. The molecule has 2 aromatic rings. The van der Waals surface area contributed by atoms with Gasteiger partial charge in [0.25, 0.3) is 0 Å². The molecule has 0 atom stereocenters. The smallest absolute Gasteiger partial charge is 0.326 e. The minimum absolute atomic E-state index is 0.322. The van der Waals surface area contributed by atoms with Gasteiger partial charge in [0, 0.05) is 6.54 Å². The Kier molecular flexibility index (Phi) is 2.59. The maximum absolute atomic E-state index is 12.5. The first-order chi connectivity index (χ1) is 7.52. The van der Waals surface area contributed by atoms with Crippen LogP contribution in [0.1, 0.15) is 11.1 Å². The molecule has 2 rings (SSSR count). The molecule has 0 radical (unpaired) electrons. The average Bonchev–Trinajstić information content (AvgIpc) is 2.26. The van der Waals surface area contributed by atoms with Crippen LogP contribution in [0.4, 0.5) is 13.2 Å². The Bertz CT molecular complexity index is 517. The summed E-state index contributed by atoms with van der Waals surface area (Å²) in [7, 11) is 0. The van der Waals surface area contributed by atoms with Crippen molar-refractivity contribution in [3.63, 3.8) is 0 Å². The highest BCUT2D eigenvalue weighted by Crippen LogP contribution is 2.32. The number of fused-ring (bicyclic) bond motifs is 1. The number of benzene rings is 2. The molecule has 16 heavy (non-hydrogen) atoms. The fraction of sp³-hybridized carbons (Fsp3) is 0.167. The fourth-order valence-electron chi connectivity index (χ4n) is 1.71. The van der Waals surface area contributed by atoms with E-state index in [2.05, 4.69) is 0 Å². The summed E-state index contributed by atoms with van der Waals surface area (Å²) in [5.74, 6) is 0. The summed E-state index contributed by atoms with van der Waals surface area (Å²) in [6, 6.07) is 8.89. The Labute approximate surface area is 90.7 Å². The zero-order valence-electron chi connectivity index (χ0n) is 8.38. The maximum atomic E-state index is 12.5. The van der Waals surface area contributed by atoms with E-state index in [0.29, 0.717) is 11.9 Å². The quantitative estimate of drug-likeness (QED) is 0.791. The molecule has 0 bridgehead atoms. The van der Waals surface area contributed by atoms with Crippen molar-refractivity contribution in [1.29, 1.82) is 0 Å². The summed E-state index contributed by atoms with van der Waals surface area (Å²) < 4.78 is 37.4. The predicted molar refractivity (Wildman–Crippen MR) is 56.8 cm³/mol. The van der Waals surface area contributed by atoms with Crippen LogP contribution < -0.4 is 5.73 Å². The Morgan fingerprint density at radius 3 is 2.44 bits per heavy atom. The van der Waals surface area contributed by atoms with Gasteiger partial charge in [-0.2, -0.15) is 13.2 Å². The van der Waals surface area contributed by atoms with Crippen LogP contribution in [0.2, 0.25) is 0 Å². The second-order valence-electron chi connectivity index (χ2n) is 3.55. The van der Waals surface area contributed by atoms with Crippen LogP contribution in [0, 0.1) is 0 Å². The number of rotatable bonds is 1. The van der Waals surface area contributed by atoms with Gasteiger partial charge in [-0.25, -0.2) is 0 Å². The number of hydrogen-bond donors (Lipinski definition) is 1. The molecule has 0 aliphatic carbocycles. The van der Waals surface area contributed by atoms with Crippen LogP contribution >= 0.6 is 0 Å². The van der Waals surface area contributed by atoms with Crippen molar-refractivity contribution in [3.05, 3.63) is 47.5 Å². The van der Waals surface area contributed by atoms with Gasteiger partial charge in [0.2, 0.25) is 0 Å². The van der Waals surface area contributed by atoms with E-state index in [-0.39, 0.29) is 0 Å². The molecule has 0 amide bonds. The standard InChI is InChI=1S/C12H10F3N/c13-12(14,15)10-4-5-11-8(6-10)2-1-3-9(11)7-16/h1-6H,7,16H2. The number of alkyl halides is 3. The minimum atomic E-state index is -4.30. The molecule has 0 aliphatic rings. The third-order valence-electron chi connectivity index (χ3n) is 2.52. The van der Waals surface area contributed by atoms with Crippen LogP contribution in [-0.2, 0) is 12.7 Å². The van der Waals surface area contributed by atoms with E-state index in [4.69, 9.17) is 5.73 Å². The molecule has 0 heterocycles. The molecule has 0 saturated heterocycles. The van der Waals surface area contributed by atoms with Crippen LogP contribution in [0.15, 0.2) is 36.4 Å². The average molecular weight is 225 g/mol. The predicted octanol–water partition coefficient (Wildman–Crippen LogP) is 3.32. The lowest BCUT2D eigenvalue weighted by atomic mass is 10.0. The topological polar surface area (TPSA) is 26.0 Å². The van der Waals surface area contributed by atoms with E-state index >= 15 is 0 Å². The molecule has 2 N–H and O–H groups in total. The van der Waals surface area contributed by atoms with Gasteiger partial charge in [-0.1, -0.05) is 24.3 Å². The molecule has 0 saturated carbocycles. The number of halogens is 3. The van der Waals surface area contributed by atoms with Crippen molar-refractivity contribution in [1.82, 2.24) is 0 Å². The van der Waals surface area contributed by atoms with Crippen LogP contribution in [0.3, 0.4) is 0 Å². The summed E-state index contributed by atoms with van der Waals surface area (Å²) in [5.41, 5.74) is 5.74. The Balaban J connectivity index is 2.64. The third kappa shape index (κ3) is 1.88. The van der Waals surface area contributed by atoms with E-state index in [1.54, 1.807) is 12.1 Å². The van der Waals surface area contributed by atoms with Crippen LogP contribution in [0.5, 0.6) is 0 Å². The van der Waals surface area contributed by atoms with Crippen molar-refractivity contribution in [2.45, 2.75) is 12.7 Å². The van der Waals surface area contributed by atoms with E-state index in [1.807, 2.05) is 6.07 Å². The highest BCUT2D eigenvalue weighted by molar-refractivity contribution is 5.86. The normalized spacial score (nSPS) is 12.0. The molecule has 1 nitrogen and oxygen atoms in total. The van der Waals surface area contributed by atoms with Crippen molar-refractivity contribution < 1.29 is 13.2 Å². The van der Waals surface area contributed by atoms with Crippen LogP contribution in [0.25, 0.3) is 10.8 Å². The Morgan fingerprint density at radius 1 is 1.06 bits per heavy atom. The first-order valence-corrected chi connectivity index (χ1v) is 4.81.